The Morgan fingerprint density at radius 2 is 1.80 bits per heavy atom. The Morgan fingerprint density at radius 1 is 1.09 bits per heavy atom. The van der Waals surface area contributed by atoms with E-state index in [9.17, 15) is 18.3 Å². The Balaban J connectivity index is 1.70. The molecular weight excluding hydrogens is 556 g/mol. The highest BCUT2D eigenvalue weighted by atomic mass is 79.9. The van der Waals surface area contributed by atoms with E-state index in [1.54, 1.807) is 49.4 Å². The zero-order valence-corrected chi connectivity index (χ0v) is 21.8. The highest BCUT2D eigenvalue weighted by Gasteiger charge is 2.28. The second-order valence-corrected chi connectivity index (χ2v) is 11.0. The average molecular weight is 576 g/mol. The molecule has 1 heterocycles. The van der Waals surface area contributed by atoms with Gasteiger partial charge in [0.05, 0.1) is 16.1 Å². The van der Waals surface area contributed by atoms with Gasteiger partial charge in [0, 0.05) is 14.9 Å². The van der Waals surface area contributed by atoms with E-state index in [0.717, 1.165) is 19.9 Å². The fraction of sp³-hybridized carbons (Fsp3) is 0.125. The van der Waals surface area contributed by atoms with E-state index in [1.165, 1.54) is 18.2 Å². The average Bonchev–Trinajstić information content (AvgIpc) is 3.12. The highest BCUT2D eigenvalue weighted by molar-refractivity contribution is 9.10. The lowest BCUT2D eigenvalue weighted by Gasteiger charge is -2.23. The van der Waals surface area contributed by atoms with Crippen LogP contribution in [0.5, 0.6) is 5.88 Å². The molecule has 0 atom stereocenters. The lowest BCUT2D eigenvalue weighted by Crippen LogP contribution is -2.35. The molecule has 0 aliphatic carbocycles. The van der Waals surface area contributed by atoms with Crippen LogP contribution in [0.2, 0.25) is 5.02 Å². The number of azo groups is 1. The number of hydrogen-bond donors (Lipinski definition) is 2. The van der Waals surface area contributed by atoms with E-state index in [4.69, 9.17) is 11.6 Å². The van der Waals surface area contributed by atoms with Gasteiger partial charge in [-0.3, -0.25) is 9.10 Å². The quantitative estimate of drug-likeness (QED) is 0.258. The van der Waals surface area contributed by atoms with Gasteiger partial charge in [-0.2, -0.15) is 0 Å². The molecular formula is C24H20BrClN4O4S. The summed E-state index contributed by atoms with van der Waals surface area (Å²) in [4.78, 5) is 15.6. The van der Waals surface area contributed by atoms with E-state index in [0.29, 0.717) is 15.9 Å². The van der Waals surface area contributed by atoms with Crippen molar-refractivity contribution in [3.8, 4) is 5.88 Å². The molecule has 0 aliphatic heterocycles. The number of benzene rings is 3. The van der Waals surface area contributed by atoms with Crippen LogP contribution in [0, 0.1) is 13.8 Å². The molecule has 35 heavy (non-hydrogen) atoms. The van der Waals surface area contributed by atoms with Crippen LogP contribution < -0.4 is 4.31 Å². The van der Waals surface area contributed by atoms with Gasteiger partial charge in [0.25, 0.3) is 15.9 Å². The van der Waals surface area contributed by atoms with Gasteiger partial charge >= 0.3 is 0 Å². The third-order valence-electron chi connectivity index (χ3n) is 5.31. The number of nitrogens with one attached hydrogen (secondary N) is 1. The molecule has 11 heteroatoms. The Kier molecular flexibility index (Phi) is 6.98. The number of nitrogens with zero attached hydrogens (tertiary/aromatic N) is 3. The third kappa shape index (κ3) is 5.24. The third-order valence-corrected chi connectivity index (χ3v) is 8.00. The zero-order chi connectivity index (χ0) is 25.3. The zero-order valence-electron chi connectivity index (χ0n) is 18.7. The summed E-state index contributed by atoms with van der Waals surface area (Å²) < 4.78 is 28.7. The maximum absolute atomic E-state index is 13.5. The molecule has 4 aromatic rings. The summed E-state index contributed by atoms with van der Waals surface area (Å²) in [5.41, 5.74) is 2.54. The van der Waals surface area contributed by atoms with Crippen LogP contribution in [0.4, 0.5) is 11.4 Å². The first kappa shape index (κ1) is 24.9. The van der Waals surface area contributed by atoms with Crippen molar-refractivity contribution in [2.24, 2.45) is 10.2 Å². The Bertz CT molecular complexity index is 1570. The van der Waals surface area contributed by atoms with E-state index < -0.39 is 22.5 Å². The van der Waals surface area contributed by atoms with Crippen molar-refractivity contribution in [1.29, 1.82) is 0 Å². The summed E-state index contributed by atoms with van der Waals surface area (Å²) >= 11 is 9.60. The van der Waals surface area contributed by atoms with E-state index in [2.05, 4.69) is 31.1 Å². The number of H-pyrrole nitrogens is 1. The molecule has 2 N–H and O–H groups in total. The number of anilines is 1. The van der Waals surface area contributed by atoms with Crippen molar-refractivity contribution in [2.75, 3.05) is 10.8 Å². The summed E-state index contributed by atoms with van der Waals surface area (Å²) in [6, 6.07) is 16.2. The number of amides is 1. The lowest BCUT2D eigenvalue weighted by atomic mass is 10.2. The predicted octanol–water partition coefficient (Wildman–Crippen LogP) is 6.41. The molecule has 3 aromatic carbocycles. The number of fused-ring (bicyclic) bond motifs is 1. The van der Waals surface area contributed by atoms with Crippen LogP contribution in [0.25, 0.3) is 10.9 Å². The molecule has 180 valence electrons. The minimum Gasteiger partial charge on any atom is -0.493 e. The molecule has 1 aromatic heterocycles. The minimum absolute atomic E-state index is 0.0173. The molecule has 1 amide bonds. The molecule has 0 unspecified atom stereocenters. The van der Waals surface area contributed by atoms with Crippen molar-refractivity contribution < 1.29 is 18.3 Å². The first-order valence-electron chi connectivity index (χ1n) is 10.4. The fourth-order valence-corrected chi connectivity index (χ4v) is 5.33. The standard InChI is InChI=1S/C24H20BrClN4O4S/c1-14-3-8-18(9-4-14)35(33,34)30(17-7-5-15(2)20(26)12-17)13-22(31)28-29-23-19-11-16(25)6-10-21(19)27-24(23)32/h3-12,27,32H,13H2,1-2H3. The lowest BCUT2D eigenvalue weighted by molar-refractivity contribution is -0.116. The predicted molar refractivity (Wildman–Crippen MR) is 139 cm³/mol. The van der Waals surface area contributed by atoms with Gasteiger partial charge in [0.15, 0.2) is 5.69 Å². The molecule has 0 saturated heterocycles. The second kappa shape index (κ2) is 9.80. The number of aromatic hydroxyl groups is 1. The summed E-state index contributed by atoms with van der Waals surface area (Å²) in [6.45, 7) is 3.01. The molecule has 0 radical (unpaired) electrons. The Hall–Kier alpha value is -3.21. The number of rotatable bonds is 6. The van der Waals surface area contributed by atoms with Crippen molar-refractivity contribution in [1.82, 2.24) is 4.98 Å². The van der Waals surface area contributed by atoms with Crippen LogP contribution in [-0.4, -0.2) is 31.0 Å². The number of carbonyl (C=O) groups excluding carboxylic acids is 1. The van der Waals surface area contributed by atoms with Gasteiger partial charge in [0.1, 0.15) is 6.54 Å². The van der Waals surface area contributed by atoms with Crippen LogP contribution in [0.1, 0.15) is 11.1 Å². The van der Waals surface area contributed by atoms with E-state index >= 15 is 0 Å². The van der Waals surface area contributed by atoms with Gasteiger partial charge < -0.3 is 10.1 Å². The van der Waals surface area contributed by atoms with E-state index in [-0.39, 0.29) is 22.2 Å². The topological polar surface area (TPSA) is 115 Å². The van der Waals surface area contributed by atoms with Gasteiger partial charge in [-0.1, -0.05) is 51.3 Å². The first-order chi connectivity index (χ1) is 16.6. The summed E-state index contributed by atoms with van der Waals surface area (Å²) in [6.07, 6.45) is 0. The molecule has 0 fully saturated rings. The normalized spacial score (nSPS) is 11.9. The van der Waals surface area contributed by atoms with Gasteiger partial charge in [-0.15, -0.1) is 10.2 Å². The first-order valence-corrected chi connectivity index (χ1v) is 13.0. The molecule has 0 saturated carbocycles. The van der Waals surface area contributed by atoms with Crippen molar-refractivity contribution in [3.05, 3.63) is 81.3 Å². The monoisotopic (exact) mass is 574 g/mol. The fourth-order valence-electron chi connectivity index (χ4n) is 3.39. The highest BCUT2D eigenvalue weighted by Crippen LogP contribution is 2.37. The molecule has 0 spiro atoms. The maximum Gasteiger partial charge on any atom is 0.285 e. The summed E-state index contributed by atoms with van der Waals surface area (Å²) in [5.74, 6) is -1.09. The Labute approximate surface area is 215 Å². The second-order valence-electron chi connectivity index (χ2n) is 7.86. The maximum atomic E-state index is 13.5. The van der Waals surface area contributed by atoms with Crippen LogP contribution in [0.3, 0.4) is 0 Å². The molecule has 0 aliphatic rings. The number of aromatic amines is 1. The number of carbonyl (C=O) groups is 1. The molecule has 4 rings (SSSR count). The smallest absolute Gasteiger partial charge is 0.285 e. The van der Waals surface area contributed by atoms with Crippen molar-refractivity contribution >= 4 is 65.7 Å². The number of halogens is 2. The largest absolute Gasteiger partial charge is 0.493 e. The number of hydrogen-bond acceptors (Lipinski definition) is 5. The number of aryl methyl sites for hydroxylation is 2. The van der Waals surface area contributed by atoms with Crippen LogP contribution >= 0.6 is 27.5 Å². The molecule has 8 nitrogen and oxygen atoms in total. The molecule has 0 bridgehead atoms. The van der Waals surface area contributed by atoms with E-state index in [1.807, 2.05) is 6.92 Å². The van der Waals surface area contributed by atoms with Crippen LogP contribution in [0.15, 0.2) is 80.3 Å². The number of sulfonamides is 1. The van der Waals surface area contributed by atoms with Gasteiger partial charge in [-0.25, -0.2) is 8.42 Å². The SMILES string of the molecule is Cc1ccc(S(=O)(=O)N(CC(=O)N=Nc2c(O)[nH]c3ccc(Br)cc23)c2ccc(C)c(Cl)c2)cc1. The minimum atomic E-state index is -4.13. The van der Waals surface area contributed by atoms with Crippen LogP contribution in [-0.2, 0) is 14.8 Å². The summed E-state index contributed by atoms with van der Waals surface area (Å²) in [7, 11) is -4.13. The Morgan fingerprint density at radius 3 is 2.49 bits per heavy atom. The van der Waals surface area contributed by atoms with Crippen molar-refractivity contribution in [3.63, 3.8) is 0 Å². The summed E-state index contributed by atoms with van der Waals surface area (Å²) in [5, 5.41) is 18.7. The van der Waals surface area contributed by atoms with Gasteiger partial charge in [-0.05, 0) is 61.9 Å². The van der Waals surface area contributed by atoms with Gasteiger partial charge in [0.2, 0.25) is 5.88 Å². The van der Waals surface area contributed by atoms with Crippen molar-refractivity contribution in [2.45, 2.75) is 18.7 Å². The number of aromatic nitrogens is 1.